The van der Waals surface area contributed by atoms with Gasteiger partial charge in [-0.05, 0) is 6.92 Å². The molecule has 4 nitrogen and oxygen atoms in total. The van der Waals surface area contributed by atoms with Gasteiger partial charge in [0.1, 0.15) is 6.61 Å². The van der Waals surface area contributed by atoms with E-state index in [1.54, 1.807) is 6.92 Å². The normalized spacial score (nSPS) is 11.7. The smallest absolute Gasteiger partial charge is 0.260 e. The van der Waals surface area contributed by atoms with E-state index < -0.39 is 6.04 Å². The van der Waals surface area contributed by atoms with Gasteiger partial charge in [-0.25, -0.2) is 5.48 Å². The number of rotatable bonds is 3. The van der Waals surface area contributed by atoms with Gasteiger partial charge in [0, 0.05) is 0 Å². The average Bonchev–Trinajstić information content (AvgIpc) is 1.88. The molecule has 0 bridgehead atoms. The molecule has 10 heavy (non-hydrogen) atoms. The Morgan fingerprint density at radius 2 is 2.60 bits per heavy atom. The first-order valence-electron chi connectivity index (χ1n) is 2.79. The van der Waals surface area contributed by atoms with E-state index in [0.717, 1.165) is 0 Å². The summed E-state index contributed by atoms with van der Waals surface area (Å²) < 4.78 is 0. The molecule has 0 radical (unpaired) electrons. The highest BCUT2D eigenvalue weighted by Crippen LogP contribution is 1.74. The second-order valence-electron chi connectivity index (χ2n) is 1.75. The summed E-state index contributed by atoms with van der Waals surface area (Å²) in [6.45, 7) is 1.60. The summed E-state index contributed by atoms with van der Waals surface area (Å²) in [5.74, 6) is 1.80. The topological polar surface area (TPSA) is 64.3 Å². The lowest BCUT2D eigenvalue weighted by molar-refractivity contribution is -0.133. The highest BCUT2D eigenvalue weighted by atomic mass is 16.6. The number of hydrogen-bond acceptors (Lipinski definition) is 3. The van der Waals surface area contributed by atoms with E-state index in [9.17, 15) is 4.79 Å². The Labute approximate surface area is 59.7 Å². The molecule has 0 aromatic carbocycles. The average molecular weight is 142 g/mol. The number of nitrogens with two attached hydrogens (primary N) is 1. The highest BCUT2D eigenvalue weighted by molar-refractivity contribution is 5.79. The van der Waals surface area contributed by atoms with Gasteiger partial charge in [-0.2, -0.15) is 0 Å². The molecule has 0 spiro atoms. The summed E-state index contributed by atoms with van der Waals surface area (Å²) in [7, 11) is 0. The molecule has 3 N–H and O–H groups in total. The molecule has 0 aliphatic carbocycles. The van der Waals surface area contributed by atoms with E-state index in [4.69, 9.17) is 12.2 Å². The molecule has 0 rings (SSSR count). The van der Waals surface area contributed by atoms with Crippen molar-refractivity contribution in [2.24, 2.45) is 5.73 Å². The maximum absolute atomic E-state index is 10.6. The largest absolute Gasteiger partial charge is 0.320 e. The summed E-state index contributed by atoms with van der Waals surface area (Å²) in [6, 6.07) is -0.572. The fraction of sp³-hybridized carbons (Fsp3) is 0.500. The van der Waals surface area contributed by atoms with Crippen molar-refractivity contribution in [2.75, 3.05) is 6.61 Å². The van der Waals surface area contributed by atoms with Crippen LogP contribution in [0, 0.1) is 12.3 Å². The zero-order chi connectivity index (χ0) is 7.98. The molecule has 0 heterocycles. The predicted octanol–water partition coefficient (Wildman–Crippen LogP) is -0.985. The molecule has 1 amide bonds. The minimum Gasteiger partial charge on any atom is -0.320 e. The number of nitrogens with one attached hydrogen (secondary N) is 1. The molecule has 1 atom stereocenters. The van der Waals surface area contributed by atoms with Crippen molar-refractivity contribution in [3.63, 3.8) is 0 Å². The van der Waals surface area contributed by atoms with Crippen LogP contribution >= 0.6 is 0 Å². The number of terminal acetylenes is 1. The quantitative estimate of drug-likeness (QED) is 0.302. The van der Waals surface area contributed by atoms with E-state index in [1.807, 2.05) is 0 Å². The van der Waals surface area contributed by atoms with Crippen LogP contribution in [0.4, 0.5) is 0 Å². The van der Waals surface area contributed by atoms with E-state index in [-0.39, 0.29) is 12.5 Å². The summed E-state index contributed by atoms with van der Waals surface area (Å²) in [4.78, 5) is 15.1. The summed E-state index contributed by atoms with van der Waals surface area (Å²) >= 11 is 0. The lowest BCUT2D eigenvalue weighted by Gasteiger charge is -2.04. The molecule has 0 fully saturated rings. The van der Waals surface area contributed by atoms with Gasteiger partial charge in [0.05, 0.1) is 6.04 Å². The van der Waals surface area contributed by atoms with Crippen LogP contribution in [0.2, 0.25) is 0 Å². The fourth-order valence-corrected chi connectivity index (χ4v) is 0.242. The molecule has 0 aliphatic heterocycles. The molecular weight excluding hydrogens is 132 g/mol. The number of carbonyl (C=O) groups excluding carboxylic acids is 1. The van der Waals surface area contributed by atoms with E-state index >= 15 is 0 Å². The number of amides is 1. The minimum atomic E-state index is -0.572. The Bertz CT molecular complexity index is 148. The van der Waals surface area contributed by atoms with E-state index in [2.05, 4.69) is 16.2 Å². The monoisotopic (exact) mass is 142 g/mol. The van der Waals surface area contributed by atoms with Crippen molar-refractivity contribution in [1.82, 2.24) is 5.48 Å². The molecule has 4 heteroatoms. The Balaban J connectivity index is 3.33. The Kier molecular flexibility index (Phi) is 4.29. The molecular formula is C6H10N2O2. The van der Waals surface area contributed by atoms with Crippen LogP contribution in [0.3, 0.4) is 0 Å². The van der Waals surface area contributed by atoms with Gasteiger partial charge in [0.15, 0.2) is 0 Å². The predicted molar refractivity (Wildman–Crippen MR) is 36.6 cm³/mol. The van der Waals surface area contributed by atoms with Crippen LogP contribution in [0.25, 0.3) is 0 Å². The first-order valence-corrected chi connectivity index (χ1v) is 2.79. The zero-order valence-electron chi connectivity index (χ0n) is 5.76. The highest BCUT2D eigenvalue weighted by Gasteiger charge is 2.04. The van der Waals surface area contributed by atoms with Gasteiger partial charge in [-0.3, -0.25) is 9.63 Å². The van der Waals surface area contributed by atoms with Crippen molar-refractivity contribution >= 4 is 5.91 Å². The lowest BCUT2D eigenvalue weighted by Crippen LogP contribution is -2.38. The maximum atomic E-state index is 10.6. The molecule has 0 unspecified atom stereocenters. The minimum absolute atomic E-state index is 0.0540. The second-order valence-corrected chi connectivity index (χ2v) is 1.75. The summed E-state index contributed by atoms with van der Waals surface area (Å²) in [6.07, 6.45) is 4.83. The fourth-order valence-electron chi connectivity index (χ4n) is 0.242. The first-order chi connectivity index (χ1) is 4.68. The Morgan fingerprint density at radius 1 is 2.00 bits per heavy atom. The van der Waals surface area contributed by atoms with Crippen molar-refractivity contribution in [1.29, 1.82) is 0 Å². The van der Waals surface area contributed by atoms with Crippen LogP contribution in [0.15, 0.2) is 0 Å². The van der Waals surface area contributed by atoms with Crippen molar-refractivity contribution in [3.8, 4) is 12.3 Å². The van der Waals surface area contributed by atoms with Gasteiger partial charge >= 0.3 is 0 Å². The summed E-state index contributed by atoms with van der Waals surface area (Å²) in [5.41, 5.74) is 7.25. The molecule has 0 saturated carbocycles. The van der Waals surface area contributed by atoms with Crippen LogP contribution in [0.1, 0.15) is 6.92 Å². The van der Waals surface area contributed by atoms with Gasteiger partial charge in [-0.1, -0.05) is 5.92 Å². The Morgan fingerprint density at radius 3 is 3.00 bits per heavy atom. The molecule has 0 saturated heterocycles. The van der Waals surface area contributed by atoms with Crippen molar-refractivity contribution in [2.45, 2.75) is 13.0 Å². The van der Waals surface area contributed by atoms with Crippen LogP contribution in [-0.2, 0) is 9.63 Å². The van der Waals surface area contributed by atoms with Crippen LogP contribution < -0.4 is 11.2 Å². The molecule has 0 aliphatic rings. The summed E-state index contributed by atoms with van der Waals surface area (Å²) in [5, 5.41) is 0. The van der Waals surface area contributed by atoms with Crippen LogP contribution in [0.5, 0.6) is 0 Å². The zero-order valence-corrected chi connectivity index (χ0v) is 5.76. The van der Waals surface area contributed by atoms with Crippen molar-refractivity contribution < 1.29 is 9.63 Å². The number of carbonyl (C=O) groups is 1. The van der Waals surface area contributed by atoms with E-state index in [0.29, 0.717) is 0 Å². The standard InChI is InChI=1S/C6H10N2O2/c1-3-4-10-8-6(9)5(2)7/h1,5H,4,7H2,2H3,(H,8,9)/t5-/m1/s1. The van der Waals surface area contributed by atoms with Gasteiger partial charge in [0.2, 0.25) is 0 Å². The SMILES string of the molecule is C#CCONC(=O)[C@@H](C)N. The second kappa shape index (κ2) is 4.79. The number of hydroxylamine groups is 1. The van der Waals surface area contributed by atoms with Crippen LogP contribution in [-0.4, -0.2) is 18.6 Å². The molecule has 56 valence electrons. The third-order valence-corrected chi connectivity index (χ3v) is 0.742. The maximum Gasteiger partial charge on any atom is 0.260 e. The third-order valence-electron chi connectivity index (χ3n) is 0.742. The molecule has 0 aromatic rings. The van der Waals surface area contributed by atoms with E-state index in [1.165, 1.54) is 0 Å². The Hall–Kier alpha value is -1.05. The van der Waals surface area contributed by atoms with Gasteiger partial charge in [-0.15, -0.1) is 6.42 Å². The molecule has 0 aromatic heterocycles. The van der Waals surface area contributed by atoms with Gasteiger partial charge < -0.3 is 5.73 Å². The van der Waals surface area contributed by atoms with Gasteiger partial charge in [0.25, 0.3) is 5.91 Å². The lowest BCUT2D eigenvalue weighted by atomic mass is 10.4. The van der Waals surface area contributed by atoms with Crippen molar-refractivity contribution in [3.05, 3.63) is 0 Å². The first kappa shape index (κ1) is 8.95. The third kappa shape index (κ3) is 3.89. The number of hydrogen-bond donors (Lipinski definition) is 2.